The Labute approximate surface area is 134 Å². The van der Waals surface area contributed by atoms with Crippen LogP contribution in [-0.2, 0) is 16.0 Å². The Morgan fingerprint density at radius 2 is 2.04 bits per heavy atom. The van der Waals surface area contributed by atoms with Gasteiger partial charge in [0.1, 0.15) is 11.6 Å². The molecule has 0 aliphatic heterocycles. The molecular formula is C17H20N2O4. The van der Waals surface area contributed by atoms with Crippen LogP contribution in [0.4, 0.5) is 4.79 Å². The van der Waals surface area contributed by atoms with Gasteiger partial charge in [-0.1, -0.05) is 18.2 Å². The number of carbonyl (C=O) groups is 2. The molecule has 2 rings (SSSR count). The molecule has 1 unspecified atom stereocenters. The summed E-state index contributed by atoms with van der Waals surface area (Å²) >= 11 is 0. The number of nitrogens with zero attached hydrogens (tertiary/aromatic N) is 1. The molecule has 6 nitrogen and oxygen atoms in total. The second kappa shape index (κ2) is 6.64. The number of amides is 1. The third-order valence-corrected chi connectivity index (χ3v) is 3.10. The first-order chi connectivity index (χ1) is 10.7. The van der Waals surface area contributed by atoms with E-state index in [9.17, 15) is 14.7 Å². The van der Waals surface area contributed by atoms with Crippen LogP contribution in [0.15, 0.2) is 36.5 Å². The summed E-state index contributed by atoms with van der Waals surface area (Å²) in [7, 11) is 0. The van der Waals surface area contributed by atoms with E-state index in [4.69, 9.17) is 4.74 Å². The summed E-state index contributed by atoms with van der Waals surface area (Å²) < 4.78 is 5.10. The number of aliphatic carboxylic acids is 1. The van der Waals surface area contributed by atoms with Gasteiger partial charge in [-0.2, -0.15) is 0 Å². The number of alkyl carbamates (subject to hydrolysis) is 1. The molecule has 0 aliphatic carbocycles. The van der Waals surface area contributed by atoms with Gasteiger partial charge in [0.15, 0.2) is 0 Å². The van der Waals surface area contributed by atoms with Gasteiger partial charge in [-0.25, -0.2) is 9.59 Å². The fraction of sp³-hybridized carbons (Fsp3) is 0.353. The van der Waals surface area contributed by atoms with Crippen molar-refractivity contribution in [1.82, 2.24) is 10.3 Å². The van der Waals surface area contributed by atoms with Crippen LogP contribution in [0.1, 0.15) is 26.3 Å². The largest absolute Gasteiger partial charge is 0.480 e. The number of hydrogen-bond acceptors (Lipinski definition) is 4. The molecule has 6 heteroatoms. The first-order valence-electron chi connectivity index (χ1n) is 7.30. The maximum Gasteiger partial charge on any atom is 0.408 e. The van der Waals surface area contributed by atoms with Crippen molar-refractivity contribution in [3.8, 4) is 0 Å². The first kappa shape index (κ1) is 16.7. The summed E-state index contributed by atoms with van der Waals surface area (Å²) in [6.45, 7) is 5.16. The molecule has 0 bridgehead atoms. The van der Waals surface area contributed by atoms with Gasteiger partial charge in [-0.3, -0.25) is 4.98 Å². The SMILES string of the molecule is CC(C)(C)OC(=O)NC(Cc1ccc2cccnc2c1)C(=O)O. The number of pyridine rings is 1. The number of aromatic nitrogens is 1. The fourth-order valence-corrected chi connectivity index (χ4v) is 2.12. The number of hydrogen-bond donors (Lipinski definition) is 2. The summed E-state index contributed by atoms with van der Waals surface area (Å²) in [6, 6.07) is 8.24. The second-order valence-electron chi connectivity index (χ2n) is 6.27. The summed E-state index contributed by atoms with van der Waals surface area (Å²) in [6.07, 6.45) is 1.09. The smallest absolute Gasteiger partial charge is 0.408 e. The van der Waals surface area contributed by atoms with Crippen LogP contribution < -0.4 is 5.32 Å². The van der Waals surface area contributed by atoms with Crippen molar-refractivity contribution >= 4 is 23.0 Å². The van der Waals surface area contributed by atoms with Crippen molar-refractivity contribution in [3.05, 3.63) is 42.1 Å². The average molecular weight is 316 g/mol. The minimum atomic E-state index is -1.11. The van der Waals surface area contributed by atoms with Crippen molar-refractivity contribution < 1.29 is 19.4 Å². The van der Waals surface area contributed by atoms with Crippen molar-refractivity contribution in [2.45, 2.75) is 38.8 Å². The highest BCUT2D eigenvalue weighted by molar-refractivity contribution is 5.81. The van der Waals surface area contributed by atoms with Gasteiger partial charge in [-0.05, 0) is 38.5 Å². The van der Waals surface area contributed by atoms with Gasteiger partial charge in [0.25, 0.3) is 0 Å². The van der Waals surface area contributed by atoms with E-state index in [1.54, 1.807) is 27.0 Å². The number of carbonyl (C=O) groups excluding carboxylic acids is 1. The number of carboxylic acid groups (broad SMARTS) is 1. The van der Waals surface area contributed by atoms with Crippen LogP contribution >= 0.6 is 0 Å². The number of fused-ring (bicyclic) bond motifs is 1. The summed E-state index contributed by atoms with van der Waals surface area (Å²) in [4.78, 5) is 27.4. The molecule has 1 aromatic heterocycles. The van der Waals surface area contributed by atoms with Crippen molar-refractivity contribution in [2.75, 3.05) is 0 Å². The molecule has 122 valence electrons. The second-order valence-corrected chi connectivity index (χ2v) is 6.27. The lowest BCUT2D eigenvalue weighted by atomic mass is 10.0. The molecule has 1 aromatic carbocycles. The first-order valence-corrected chi connectivity index (χ1v) is 7.30. The molecule has 1 amide bonds. The molecule has 0 saturated heterocycles. The molecule has 0 saturated carbocycles. The Kier molecular flexibility index (Phi) is 4.83. The van der Waals surface area contributed by atoms with E-state index in [0.29, 0.717) is 0 Å². The van der Waals surface area contributed by atoms with Crippen molar-refractivity contribution in [2.24, 2.45) is 0 Å². The summed E-state index contributed by atoms with van der Waals surface area (Å²) in [5.41, 5.74) is 0.881. The van der Waals surface area contributed by atoms with E-state index >= 15 is 0 Å². The molecule has 1 heterocycles. The van der Waals surface area contributed by atoms with E-state index in [1.807, 2.05) is 30.3 Å². The Morgan fingerprint density at radius 3 is 2.70 bits per heavy atom. The zero-order chi connectivity index (χ0) is 17.0. The van der Waals surface area contributed by atoms with Crippen LogP contribution in [0.3, 0.4) is 0 Å². The van der Waals surface area contributed by atoms with E-state index in [0.717, 1.165) is 16.5 Å². The lowest BCUT2D eigenvalue weighted by Crippen LogP contribution is -2.44. The lowest BCUT2D eigenvalue weighted by molar-refractivity contribution is -0.139. The Bertz CT molecular complexity index is 722. The Morgan fingerprint density at radius 1 is 1.30 bits per heavy atom. The van der Waals surface area contributed by atoms with E-state index in [-0.39, 0.29) is 6.42 Å². The quantitative estimate of drug-likeness (QED) is 0.905. The number of rotatable bonds is 4. The number of nitrogens with one attached hydrogen (secondary N) is 1. The molecule has 23 heavy (non-hydrogen) atoms. The van der Waals surface area contributed by atoms with Gasteiger partial charge in [0, 0.05) is 18.0 Å². The van der Waals surface area contributed by atoms with Gasteiger partial charge < -0.3 is 15.2 Å². The highest BCUT2D eigenvalue weighted by Crippen LogP contribution is 2.15. The van der Waals surface area contributed by atoms with Gasteiger partial charge in [0.05, 0.1) is 5.52 Å². The normalized spacial score (nSPS) is 12.7. The zero-order valence-corrected chi connectivity index (χ0v) is 13.4. The van der Waals surface area contributed by atoms with Gasteiger partial charge in [0.2, 0.25) is 0 Å². The van der Waals surface area contributed by atoms with E-state index in [2.05, 4.69) is 10.3 Å². The molecule has 2 N–H and O–H groups in total. The third-order valence-electron chi connectivity index (χ3n) is 3.10. The molecule has 0 fully saturated rings. The molecular weight excluding hydrogens is 296 g/mol. The molecule has 2 aromatic rings. The van der Waals surface area contributed by atoms with Crippen LogP contribution in [0.25, 0.3) is 10.9 Å². The average Bonchev–Trinajstić information content (AvgIpc) is 2.44. The maximum absolute atomic E-state index is 11.8. The minimum absolute atomic E-state index is 0.154. The maximum atomic E-state index is 11.8. The highest BCUT2D eigenvalue weighted by Gasteiger charge is 2.24. The standard InChI is InChI=1S/C17H20N2O4/c1-17(2,3)23-16(22)19-14(15(20)21)10-11-6-7-12-5-4-8-18-13(12)9-11/h4-9,14H,10H2,1-3H3,(H,19,22)(H,20,21). The van der Waals surface area contributed by atoms with E-state index < -0.39 is 23.7 Å². The van der Waals surface area contributed by atoms with Crippen LogP contribution in [0.2, 0.25) is 0 Å². The number of carboxylic acids is 1. The Hall–Kier alpha value is -2.63. The number of ether oxygens (including phenoxy) is 1. The predicted molar refractivity (Wildman–Crippen MR) is 86.2 cm³/mol. The molecule has 1 atom stereocenters. The molecule has 0 spiro atoms. The van der Waals surface area contributed by atoms with Crippen LogP contribution in [0, 0.1) is 0 Å². The van der Waals surface area contributed by atoms with Gasteiger partial charge >= 0.3 is 12.1 Å². The topological polar surface area (TPSA) is 88.5 Å². The highest BCUT2D eigenvalue weighted by atomic mass is 16.6. The predicted octanol–water partition coefficient (Wildman–Crippen LogP) is 2.76. The molecule has 0 aliphatic rings. The number of benzene rings is 1. The van der Waals surface area contributed by atoms with E-state index in [1.165, 1.54) is 0 Å². The van der Waals surface area contributed by atoms with Gasteiger partial charge in [-0.15, -0.1) is 0 Å². The minimum Gasteiger partial charge on any atom is -0.480 e. The van der Waals surface area contributed by atoms with Crippen molar-refractivity contribution in [3.63, 3.8) is 0 Å². The summed E-state index contributed by atoms with van der Waals surface area (Å²) in [5, 5.41) is 12.7. The monoisotopic (exact) mass is 316 g/mol. The lowest BCUT2D eigenvalue weighted by Gasteiger charge is -2.22. The van der Waals surface area contributed by atoms with Crippen LogP contribution in [-0.4, -0.2) is 33.8 Å². The molecule has 0 radical (unpaired) electrons. The van der Waals surface area contributed by atoms with Crippen LogP contribution in [0.5, 0.6) is 0 Å². The third kappa shape index (κ3) is 4.95. The van der Waals surface area contributed by atoms with Crippen molar-refractivity contribution in [1.29, 1.82) is 0 Å². The summed E-state index contributed by atoms with van der Waals surface area (Å²) in [5.74, 6) is -1.11. The zero-order valence-electron chi connectivity index (χ0n) is 13.4. The Balaban J connectivity index is 2.11. The fourth-order valence-electron chi connectivity index (χ4n) is 2.12.